The third-order valence-electron chi connectivity index (χ3n) is 6.02. The van der Waals surface area contributed by atoms with Crippen LogP contribution in [-0.4, -0.2) is 55.6 Å². The van der Waals surface area contributed by atoms with E-state index in [1.54, 1.807) is 42.2 Å². The maximum atomic E-state index is 13.0. The summed E-state index contributed by atoms with van der Waals surface area (Å²) in [6.45, 7) is 2.27. The number of methoxy groups -OCH3 is 1. The first-order chi connectivity index (χ1) is 17.4. The van der Waals surface area contributed by atoms with Crippen molar-refractivity contribution in [1.29, 1.82) is 0 Å². The van der Waals surface area contributed by atoms with Gasteiger partial charge in [-0.1, -0.05) is 54.1 Å². The van der Waals surface area contributed by atoms with Crippen LogP contribution in [0.2, 0.25) is 5.02 Å². The van der Waals surface area contributed by atoms with Crippen molar-refractivity contribution in [3.8, 4) is 11.5 Å². The fourth-order valence-corrected chi connectivity index (χ4v) is 4.12. The molecule has 188 valence electrons. The van der Waals surface area contributed by atoms with Crippen molar-refractivity contribution in [2.24, 2.45) is 5.92 Å². The van der Waals surface area contributed by atoms with E-state index in [2.05, 4.69) is 0 Å². The summed E-state index contributed by atoms with van der Waals surface area (Å²) in [5.74, 6) is 1.12. The second-order valence-corrected chi connectivity index (χ2v) is 9.21. The van der Waals surface area contributed by atoms with E-state index >= 15 is 0 Å². The minimum absolute atomic E-state index is 0.123. The zero-order valence-electron chi connectivity index (χ0n) is 20.4. The molecule has 1 aliphatic rings. The standard InChI is InChI=1S/C28H29ClN2O5/c1-30(15-22-16-31(17-22)28(33)36-19-20-6-4-3-5-7-20)27(32)23-10-13-25(26(14-23)34-2)35-18-21-8-11-24(29)12-9-21/h3-14,22H,15-19H2,1-2H3. The van der Waals surface area contributed by atoms with Crippen LogP contribution >= 0.6 is 11.6 Å². The largest absolute Gasteiger partial charge is 0.493 e. The molecule has 0 aliphatic carbocycles. The summed E-state index contributed by atoms with van der Waals surface area (Å²) in [6.07, 6.45) is -0.331. The van der Waals surface area contributed by atoms with Gasteiger partial charge < -0.3 is 24.0 Å². The third-order valence-corrected chi connectivity index (χ3v) is 6.27. The zero-order valence-corrected chi connectivity index (χ0v) is 21.1. The number of carbonyl (C=O) groups is 2. The van der Waals surface area contributed by atoms with Crippen LogP contribution in [0.5, 0.6) is 11.5 Å². The Balaban J connectivity index is 1.25. The van der Waals surface area contributed by atoms with Crippen LogP contribution in [0.3, 0.4) is 0 Å². The maximum Gasteiger partial charge on any atom is 0.410 e. The van der Waals surface area contributed by atoms with Gasteiger partial charge in [0, 0.05) is 43.2 Å². The normalized spacial score (nSPS) is 13.0. The Labute approximate surface area is 216 Å². The average Bonchev–Trinajstić information content (AvgIpc) is 2.88. The Morgan fingerprint density at radius 2 is 1.64 bits per heavy atom. The molecule has 4 rings (SSSR count). The number of hydrogen-bond acceptors (Lipinski definition) is 5. The maximum absolute atomic E-state index is 13.0. The third kappa shape index (κ3) is 6.49. The summed E-state index contributed by atoms with van der Waals surface area (Å²) in [5, 5.41) is 0.668. The molecular weight excluding hydrogens is 480 g/mol. The minimum Gasteiger partial charge on any atom is -0.493 e. The van der Waals surface area contributed by atoms with E-state index < -0.39 is 0 Å². The molecular formula is C28H29ClN2O5. The fraction of sp³-hybridized carbons (Fsp3) is 0.286. The monoisotopic (exact) mass is 508 g/mol. The number of halogens is 1. The van der Waals surface area contributed by atoms with Gasteiger partial charge in [0.25, 0.3) is 5.91 Å². The van der Waals surface area contributed by atoms with Crippen molar-refractivity contribution < 1.29 is 23.8 Å². The van der Waals surface area contributed by atoms with E-state index in [-0.39, 0.29) is 24.5 Å². The smallest absolute Gasteiger partial charge is 0.410 e. The summed E-state index contributed by atoms with van der Waals surface area (Å²) in [4.78, 5) is 28.6. The second-order valence-electron chi connectivity index (χ2n) is 8.78. The van der Waals surface area contributed by atoms with E-state index in [1.807, 2.05) is 54.6 Å². The van der Waals surface area contributed by atoms with Gasteiger partial charge in [-0.25, -0.2) is 4.79 Å². The Hall–Kier alpha value is -3.71. The van der Waals surface area contributed by atoms with Gasteiger partial charge in [-0.15, -0.1) is 0 Å². The number of nitrogens with zero attached hydrogens (tertiary/aromatic N) is 2. The number of benzene rings is 3. The molecule has 0 saturated carbocycles. The molecule has 0 unspecified atom stereocenters. The van der Waals surface area contributed by atoms with Crippen LogP contribution in [0.25, 0.3) is 0 Å². The van der Waals surface area contributed by atoms with E-state index in [0.717, 1.165) is 11.1 Å². The first-order valence-electron chi connectivity index (χ1n) is 11.7. The lowest BCUT2D eigenvalue weighted by Crippen LogP contribution is -2.54. The number of rotatable bonds is 9. The Morgan fingerprint density at radius 3 is 2.33 bits per heavy atom. The molecule has 3 aromatic rings. The first kappa shape index (κ1) is 25.4. The fourth-order valence-electron chi connectivity index (χ4n) is 4.00. The van der Waals surface area contributed by atoms with Crippen molar-refractivity contribution >= 4 is 23.6 Å². The summed E-state index contributed by atoms with van der Waals surface area (Å²) >= 11 is 5.93. The van der Waals surface area contributed by atoms with Gasteiger partial charge in [-0.05, 0) is 41.5 Å². The Morgan fingerprint density at radius 1 is 0.944 bits per heavy atom. The van der Waals surface area contributed by atoms with E-state index in [9.17, 15) is 9.59 Å². The van der Waals surface area contributed by atoms with E-state index in [1.165, 1.54) is 0 Å². The summed E-state index contributed by atoms with van der Waals surface area (Å²) in [6, 6.07) is 22.1. The molecule has 1 heterocycles. The topological polar surface area (TPSA) is 68.3 Å². The number of ether oxygens (including phenoxy) is 3. The van der Waals surface area contributed by atoms with Gasteiger partial charge in [0.05, 0.1) is 7.11 Å². The number of likely N-dealkylation sites (tertiary alicyclic amines) is 1. The van der Waals surface area contributed by atoms with E-state index in [4.69, 9.17) is 25.8 Å². The van der Waals surface area contributed by atoms with Gasteiger partial charge >= 0.3 is 6.09 Å². The highest BCUT2D eigenvalue weighted by Crippen LogP contribution is 2.30. The van der Waals surface area contributed by atoms with Crippen LogP contribution in [0, 0.1) is 5.92 Å². The number of hydrogen-bond donors (Lipinski definition) is 0. The lowest BCUT2D eigenvalue weighted by molar-refractivity contribution is 0.0377. The van der Waals surface area contributed by atoms with Gasteiger partial charge in [0.2, 0.25) is 0 Å². The highest BCUT2D eigenvalue weighted by Gasteiger charge is 2.33. The number of carbonyl (C=O) groups excluding carboxylic acids is 2. The van der Waals surface area contributed by atoms with Gasteiger partial charge in [0.15, 0.2) is 11.5 Å². The minimum atomic E-state index is -0.331. The molecule has 3 aromatic carbocycles. The molecule has 1 fully saturated rings. The van der Waals surface area contributed by atoms with Crippen molar-refractivity contribution in [2.45, 2.75) is 13.2 Å². The van der Waals surface area contributed by atoms with Gasteiger partial charge in [-0.3, -0.25) is 4.79 Å². The molecule has 0 radical (unpaired) electrons. The quantitative estimate of drug-likeness (QED) is 0.394. The molecule has 0 bridgehead atoms. The lowest BCUT2D eigenvalue weighted by Gasteiger charge is -2.40. The Kier molecular flexibility index (Phi) is 8.33. The predicted molar refractivity (Wildman–Crippen MR) is 137 cm³/mol. The summed E-state index contributed by atoms with van der Waals surface area (Å²) in [5.41, 5.74) is 2.43. The van der Waals surface area contributed by atoms with Crippen molar-refractivity contribution in [3.63, 3.8) is 0 Å². The SMILES string of the molecule is COc1cc(C(=O)N(C)CC2CN(C(=O)OCc3ccccc3)C2)ccc1OCc1ccc(Cl)cc1. The molecule has 0 aromatic heterocycles. The van der Waals surface area contributed by atoms with Crippen molar-refractivity contribution in [2.75, 3.05) is 33.8 Å². The molecule has 1 aliphatic heterocycles. The molecule has 2 amide bonds. The number of amides is 2. The van der Waals surface area contributed by atoms with Crippen molar-refractivity contribution in [3.05, 3.63) is 94.5 Å². The predicted octanol–water partition coefficient (Wildman–Crippen LogP) is 5.27. The second kappa shape index (κ2) is 11.8. The molecule has 8 heteroatoms. The van der Waals surface area contributed by atoms with Crippen LogP contribution in [0.1, 0.15) is 21.5 Å². The molecule has 1 saturated heterocycles. The average molecular weight is 509 g/mol. The van der Waals surface area contributed by atoms with Gasteiger partial charge in [-0.2, -0.15) is 0 Å². The molecule has 0 spiro atoms. The molecule has 0 atom stereocenters. The molecule has 36 heavy (non-hydrogen) atoms. The molecule has 7 nitrogen and oxygen atoms in total. The van der Waals surface area contributed by atoms with Crippen LogP contribution in [0.15, 0.2) is 72.8 Å². The Bertz CT molecular complexity index is 1180. The van der Waals surface area contributed by atoms with E-state index in [0.29, 0.717) is 48.3 Å². The summed E-state index contributed by atoms with van der Waals surface area (Å²) in [7, 11) is 3.30. The highest BCUT2D eigenvalue weighted by atomic mass is 35.5. The van der Waals surface area contributed by atoms with Gasteiger partial charge in [0.1, 0.15) is 13.2 Å². The molecule has 0 N–H and O–H groups in total. The van der Waals surface area contributed by atoms with Crippen LogP contribution in [-0.2, 0) is 18.0 Å². The van der Waals surface area contributed by atoms with Crippen molar-refractivity contribution in [1.82, 2.24) is 9.80 Å². The zero-order chi connectivity index (χ0) is 25.5. The lowest BCUT2D eigenvalue weighted by atomic mass is 10.00. The first-order valence-corrected chi connectivity index (χ1v) is 12.1. The summed E-state index contributed by atoms with van der Waals surface area (Å²) < 4.78 is 16.7. The van der Waals surface area contributed by atoms with Crippen LogP contribution in [0.4, 0.5) is 4.79 Å². The highest BCUT2D eigenvalue weighted by molar-refractivity contribution is 6.30. The van der Waals surface area contributed by atoms with Crippen LogP contribution < -0.4 is 9.47 Å².